The third-order valence-corrected chi connectivity index (χ3v) is 3.93. The molecule has 0 aliphatic carbocycles. The van der Waals surface area contributed by atoms with Gasteiger partial charge in [0.25, 0.3) is 5.91 Å². The van der Waals surface area contributed by atoms with Crippen molar-refractivity contribution in [1.29, 1.82) is 0 Å². The van der Waals surface area contributed by atoms with Gasteiger partial charge in [-0.1, -0.05) is 29.8 Å². The van der Waals surface area contributed by atoms with E-state index in [2.05, 4.69) is 10.3 Å². The van der Waals surface area contributed by atoms with Crippen LogP contribution in [0.1, 0.15) is 21.6 Å². The van der Waals surface area contributed by atoms with Gasteiger partial charge in [0.15, 0.2) is 0 Å². The van der Waals surface area contributed by atoms with Gasteiger partial charge in [-0.05, 0) is 55.0 Å². The molecule has 3 rings (SSSR count). The predicted molar refractivity (Wildman–Crippen MR) is 103 cm³/mol. The lowest BCUT2D eigenvalue weighted by molar-refractivity contribution is 0.0951. The molecule has 0 saturated carbocycles. The molecule has 0 aliphatic heterocycles. The number of nitrogen functional groups attached to an aromatic ring is 1. The molecule has 1 amide bonds. The largest absolute Gasteiger partial charge is 0.457 e. The summed E-state index contributed by atoms with van der Waals surface area (Å²) in [6.45, 7) is 2.17. The van der Waals surface area contributed by atoms with E-state index in [1.165, 1.54) is 0 Å². The number of carbonyl (C=O) groups is 1. The summed E-state index contributed by atoms with van der Waals surface area (Å²) in [5.74, 6) is 1.27. The minimum Gasteiger partial charge on any atom is -0.457 e. The fraction of sp³-hybridized carbons (Fsp3) is 0.100. The Morgan fingerprint density at radius 1 is 1.12 bits per heavy atom. The van der Waals surface area contributed by atoms with Crippen LogP contribution in [0.3, 0.4) is 0 Å². The van der Waals surface area contributed by atoms with Gasteiger partial charge >= 0.3 is 0 Å². The van der Waals surface area contributed by atoms with Crippen LogP contribution in [0, 0.1) is 6.92 Å². The fourth-order valence-corrected chi connectivity index (χ4v) is 2.61. The minimum atomic E-state index is -0.267. The number of benzene rings is 2. The first kappa shape index (κ1) is 17.8. The lowest BCUT2D eigenvalue weighted by atomic mass is 10.2. The summed E-state index contributed by atoms with van der Waals surface area (Å²) >= 11 is 5.96. The molecular formula is C20H18ClN3O2. The van der Waals surface area contributed by atoms with E-state index in [0.29, 0.717) is 28.6 Å². The van der Waals surface area contributed by atoms with Crippen molar-refractivity contribution >= 4 is 23.3 Å². The van der Waals surface area contributed by atoms with E-state index >= 15 is 0 Å². The molecule has 0 atom stereocenters. The van der Waals surface area contributed by atoms with Gasteiger partial charge < -0.3 is 15.8 Å². The van der Waals surface area contributed by atoms with E-state index in [-0.39, 0.29) is 11.7 Å². The maximum absolute atomic E-state index is 12.3. The van der Waals surface area contributed by atoms with E-state index < -0.39 is 0 Å². The number of anilines is 1. The van der Waals surface area contributed by atoms with Gasteiger partial charge in [0.1, 0.15) is 17.3 Å². The van der Waals surface area contributed by atoms with Crippen LogP contribution in [0.4, 0.5) is 5.82 Å². The molecule has 5 nitrogen and oxygen atoms in total. The van der Waals surface area contributed by atoms with Crippen LogP contribution in [0.25, 0.3) is 0 Å². The highest BCUT2D eigenvalue weighted by Gasteiger charge is 2.10. The number of rotatable bonds is 5. The molecular weight excluding hydrogens is 350 g/mol. The molecule has 0 fully saturated rings. The number of hydrogen-bond donors (Lipinski definition) is 2. The Morgan fingerprint density at radius 3 is 2.58 bits per heavy atom. The lowest BCUT2D eigenvalue weighted by Crippen LogP contribution is -2.24. The normalized spacial score (nSPS) is 10.4. The number of aromatic nitrogens is 1. The molecule has 132 valence electrons. The zero-order valence-electron chi connectivity index (χ0n) is 14.2. The van der Waals surface area contributed by atoms with E-state index in [1.807, 2.05) is 43.3 Å². The summed E-state index contributed by atoms with van der Waals surface area (Å²) in [5.41, 5.74) is 7.84. The fourth-order valence-electron chi connectivity index (χ4n) is 2.43. The van der Waals surface area contributed by atoms with Crippen LogP contribution in [0.15, 0.2) is 60.7 Å². The smallest absolute Gasteiger partial charge is 0.255 e. The number of hydrogen-bond acceptors (Lipinski definition) is 4. The van der Waals surface area contributed by atoms with Gasteiger partial charge in [0, 0.05) is 17.3 Å². The van der Waals surface area contributed by atoms with Crippen LogP contribution in [0.5, 0.6) is 11.5 Å². The summed E-state index contributed by atoms with van der Waals surface area (Å²) in [4.78, 5) is 16.4. The molecule has 0 bridgehead atoms. The van der Waals surface area contributed by atoms with E-state index in [0.717, 1.165) is 11.3 Å². The van der Waals surface area contributed by atoms with Crippen LogP contribution in [-0.4, -0.2) is 10.9 Å². The van der Waals surface area contributed by atoms with Crippen molar-refractivity contribution in [3.05, 3.63) is 82.5 Å². The third kappa shape index (κ3) is 4.52. The molecule has 26 heavy (non-hydrogen) atoms. The summed E-state index contributed by atoms with van der Waals surface area (Å²) in [7, 11) is 0. The van der Waals surface area contributed by atoms with Crippen LogP contribution >= 0.6 is 11.6 Å². The van der Waals surface area contributed by atoms with Gasteiger partial charge in [-0.2, -0.15) is 0 Å². The third-order valence-electron chi connectivity index (χ3n) is 3.69. The first-order valence-electron chi connectivity index (χ1n) is 8.05. The summed E-state index contributed by atoms with van der Waals surface area (Å²) in [5, 5.41) is 3.45. The Labute approximate surface area is 156 Å². The topological polar surface area (TPSA) is 77.2 Å². The zero-order valence-corrected chi connectivity index (χ0v) is 15.0. The summed E-state index contributed by atoms with van der Waals surface area (Å²) < 4.78 is 5.80. The van der Waals surface area contributed by atoms with E-state index in [9.17, 15) is 4.79 Å². The number of aryl methyl sites for hydroxylation is 1. The van der Waals surface area contributed by atoms with Gasteiger partial charge in [-0.15, -0.1) is 0 Å². The van der Waals surface area contributed by atoms with Gasteiger partial charge in [0.2, 0.25) is 0 Å². The number of halogens is 1. The minimum absolute atomic E-state index is 0.223. The molecule has 1 aromatic heterocycles. The average Bonchev–Trinajstić information content (AvgIpc) is 2.60. The Bertz CT molecular complexity index is 944. The standard InChI is InChI=1S/C20H18ClN3O2/c1-13-8-9-18(19(22)24-13)20(25)23-12-14-4-2-6-16(10-14)26-17-7-3-5-15(21)11-17/h2-11H,12H2,1H3,(H2,22,24)(H,23,25). The van der Waals surface area contributed by atoms with Gasteiger partial charge in [0.05, 0.1) is 5.56 Å². The number of carbonyl (C=O) groups excluding carboxylic acids is 1. The van der Waals surface area contributed by atoms with Crippen LogP contribution < -0.4 is 15.8 Å². The van der Waals surface area contributed by atoms with Crippen molar-refractivity contribution in [2.45, 2.75) is 13.5 Å². The first-order valence-corrected chi connectivity index (χ1v) is 8.43. The van der Waals surface area contributed by atoms with Gasteiger partial charge in [-0.3, -0.25) is 4.79 Å². The summed E-state index contributed by atoms with van der Waals surface area (Å²) in [6.07, 6.45) is 0. The van der Waals surface area contributed by atoms with Crippen LogP contribution in [-0.2, 0) is 6.54 Å². The Hall–Kier alpha value is -3.05. The maximum Gasteiger partial charge on any atom is 0.255 e. The van der Waals surface area contributed by atoms with E-state index in [1.54, 1.807) is 24.3 Å². The monoisotopic (exact) mass is 367 g/mol. The number of ether oxygens (including phenoxy) is 1. The second kappa shape index (κ2) is 7.89. The molecule has 0 unspecified atom stereocenters. The van der Waals surface area contributed by atoms with Crippen LogP contribution in [0.2, 0.25) is 5.02 Å². The lowest BCUT2D eigenvalue weighted by Gasteiger charge is -2.10. The van der Waals surface area contributed by atoms with Crippen molar-refractivity contribution in [2.75, 3.05) is 5.73 Å². The number of nitrogens with two attached hydrogens (primary N) is 1. The highest BCUT2D eigenvalue weighted by molar-refractivity contribution is 6.30. The molecule has 3 aromatic rings. The second-order valence-electron chi connectivity index (χ2n) is 5.77. The molecule has 0 saturated heterocycles. The first-order chi connectivity index (χ1) is 12.5. The second-order valence-corrected chi connectivity index (χ2v) is 6.21. The quantitative estimate of drug-likeness (QED) is 0.702. The van der Waals surface area contributed by atoms with Crippen molar-refractivity contribution < 1.29 is 9.53 Å². The predicted octanol–water partition coefficient (Wildman–Crippen LogP) is 4.35. The molecule has 2 aromatic carbocycles. The SMILES string of the molecule is Cc1ccc(C(=O)NCc2cccc(Oc3cccc(Cl)c3)c2)c(N)n1. The Kier molecular flexibility index (Phi) is 5.39. The van der Waals surface area contributed by atoms with Crippen molar-refractivity contribution in [3.8, 4) is 11.5 Å². The average molecular weight is 368 g/mol. The molecule has 0 radical (unpaired) electrons. The highest BCUT2D eigenvalue weighted by Crippen LogP contribution is 2.24. The summed E-state index contributed by atoms with van der Waals surface area (Å²) in [6, 6.07) is 18.1. The molecule has 3 N–H and O–H groups in total. The number of pyridine rings is 1. The molecule has 1 heterocycles. The molecule has 0 spiro atoms. The molecule has 0 aliphatic rings. The van der Waals surface area contributed by atoms with Gasteiger partial charge in [-0.25, -0.2) is 4.98 Å². The van der Waals surface area contributed by atoms with Crippen molar-refractivity contribution in [3.63, 3.8) is 0 Å². The van der Waals surface area contributed by atoms with E-state index in [4.69, 9.17) is 22.1 Å². The van der Waals surface area contributed by atoms with Crippen molar-refractivity contribution in [1.82, 2.24) is 10.3 Å². The maximum atomic E-state index is 12.3. The number of nitrogens with zero attached hydrogens (tertiary/aromatic N) is 1. The highest BCUT2D eigenvalue weighted by atomic mass is 35.5. The van der Waals surface area contributed by atoms with Crippen molar-refractivity contribution in [2.24, 2.45) is 0 Å². The Morgan fingerprint density at radius 2 is 1.85 bits per heavy atom. The zero-order chi connectivity index (χ0) is 18.5. The molecule has 6 heteroatoms. The number of amides is 1. The Balaban J connectivity index is 1.66. The number of nitrogens with one attached hydrogen (secondary N) is 1.